The van der Waals surface area contributed by atoms with Gasteiger partial charge in [0.1, 0.15) is 23.6 Å². The maximum atomic E-state index is 9.40. The molecule has 0 aromatic heterocycles. The molecule has 21 heavy (non-hydrogen) atoms. The van der Waals surface area contributed by atoms with E-state index in [9.17, 15) is 5.26 Å². The second-order valence-electron chi connectivity index (χ2n) is 5.16. The highest BCUT2D eigenvalue weighted by molar-refractivity contribution is 5.51. The van der Waals surface area contributed by atoms with Crippen molar-refractivity contribution in [1.82, 2.24) is 5.32 Å². The van der Waals surface area contributed by atoms with Gasteiger partial charge in [0.05, 0.1) is 12.7 Å². The molecular weight excluding hydrogens is 268 g/mol. The summed E-state index contributed by atoms with van der Waals surface area (Å²) >= 11 is 0. The number of aliphatic hydroxyl groups excluding tert-OH is 1. The van der Waals surface area contributed by atoms with Crippen molar-refractivity contribution in [2.24, 2.45) is 0 Å². The minimum atomic E-state index is -0.470. The van der Waals surface area contributed by atoms with Crippen LogP contribution in [0.2, 0.25) is 0 Å². The predicted octanol–water partition coefficient (Wildman–Crippen LogP) is 1.95. The van der Waals surface area contributed by atoms with E-state index in [-0.39, 0.29) is 12.7 Å². The third-order valence-electron chi connectivity index (χ3n) is 3.45. The Balaban J connectivity index is 2.27. The van der Waals surface area contributed by atoms with E-state index in [1.165, 1.54) is 0 Å². The Labute approximate surface area is 125 Å². The van der Waals surface area contributed by atoms with Crippen LogP contribution in [0.5, 0.6) is 11.5 Å². The molecule has 5 nitrogen and oxygen atoms in total. The van der Waals surface area contributed by atoms with Crippen molar-refractivity contribution in [3.8, 4) is 17.6 Å². The molecule has 0 saturated heterocycles. The molecule has 2 unspecified atom stereocenters. The molecular formula is C16H22N2O3. The van der Waals surface area contributed by atoms with Gasteiger partial charge in [0.15, 0.2) is 0 Å². The van der Waals surface area contributed by atoms with Gasteiger partial charge >= 0.3 is 0 Å². The molecule has 0 radical (unpaired) electrons. The third kappa shape index (κ3) is 3.66. The maximum Gasteiger partial charge on any atom is 0.125 e. The van der Waals surface area contributed by atoms with E-state index < -0.39 is 6.04 Å². The van der Waals surface area contributed by atoms with E-state index in [1.54, 1.807) is 0 Å². The molecule has 1 aliphatic heterocycles. The van der Waals surface area contributed by atoms with Crippen molar-refractivity contribution in [3.63, 3.8) is 0 Å². The molecule has 1 aromatic carbocycles. The van der Waals surface area contributed by atoms with Gasteiger partial charge in [0.25, 0.3) is 0 Å². The van der Waals surface area contributed by atoms with E-state index in [0.29, 0.717) is 19.6 Å². The number of aliphatic hydroxyl groups is 1. The van der Waals surface area contributed by atoms with Gasteiger partial charge in [-0.2, -0.15) is 5.26 Å². The lowest BCUT2D eigenvalue weighted by Crippen LogP contribution is -2.22. The summed E-state index contributed by atoms with van der Waals surface area (Å²) in [4.78, 5) is 0. The average molecular weight is 290 g/mol. The normalized spacial score (nSPS) is 17.7. The maximum absolute atomic E-state index is 9.40. The summed E-state index contributed by atoms with van der Waals surface area (Å²) in [5, 5.41) is 21.4. The Morgan fingerprint density at radius 2 is 2.38 bits per heavy atom. The molecule has 0 amide bonds. The lowest BCUT2D eigenvalue weighted by molar-refractivity contribution is 0.254. The van der Waals surface area contributed by atoms with Crippen LogP contribution >= 0.6 is 0 Å². The van der Waals surface area contributed by atoms with Crippen LogP contribution in [0.4, 0.5) is 0 Å². The van der Waals surface area contributed by atoms with Crippen LogP contribution in [0.25, 0.3) is 0 Å². The SMILES string of the molecule is CCOc1cc2c(cc1C(C#N)NCCCO)OC(C)C2. The number of ether oxygens (including phenoxy) is 2. The fourth-order valence-corrected chi connectivity index (χ4v) is 2.51. The first-order chi connectivity index (χ1) is 10.2. The highest BCUT2D eigenvalue weighted by Crippen LogP contribution is 2.37. The smallest absolute Gasteiger partial charge is 0.125 e. The van der Waals surface area contributed by atoms with Crippen molar-refractivity contribution in [2.45, 2.75) is 38.8 Å². The van der Waals surface area contributed by atoms with Crippen LogP contribution in [-0.4, -0.2) is 31.0 Å². The summed E-state index contributed by atoms with van der Waals surface area (Å²) in [6.45, 7) is 5.19. The topological polar surface area (TPSA) is 74.5 Å². The average Bonchev–Trinajstić information content (AvgIpc) is 2.83. The molecule has 0 aliphatic carbocycles. The van der Waals surface area contributed by atoms with Crippen LogP contribution in [0.1, 0.15) is 37.4 Å². The quantitative estimate of drug-likeness (QED) is 0.751. The van der Waals surface area contributed by atoms with Crippen LogP contribution in [0.15, 0.2) is 12.1 Å². The zero-order chi connectivity index (χ0) is 15.2. The number of benzene rings is 1. The summed E-state index contributed by atoms with van der Waals surface area (Å²) in [6.07, 6.45) is 1.64. The Morgan fingerprint density at radius 3 is 3.05 bits per heavy atom. The monoisotopic (exact) mass is 290 g/mol. The molecule has 5 heteroatoms. The fraction of sp³-hybridized carbons (Fsp3) is 0.562. The standard InChI is InChI=1S/C16H22N2O3/c1-3-20-16-8-12-7-11(2)21-15(12)9-13(16)14(10-17)18-5-4-6-19/h8-9,11,14,18-19H,3-7H2,1-2H3. The highest BCUT2D eigenvalue weighted by Gasteiger charge is 2.24. The van der Waals surface area contributed by atoms with Gasteiger partial charge in [-0.15, -0.1) is 0 Å². The number of rotatable bonds is 7. The number of hydrogen-bond acceptors (Lipinski definition) is 5. The molecule has 0 saturated carbocycles. The van der Waals surface area contributed by atoms with Gasteiger partial charge < -0.3 is 14.6 Å². The van der Waals surface area contributed by atoms with Crippen molar-refractivity contribution < 1.29 is 14.6 Å². The summed E-state index contributed by atoms with van der Waals surface area (Å²) in [7, 11) is 0. The van der Waals surface area contributed by atoms with Crippen LogP contribution < -0.4 is 14.8 Å². The number of fused-ring (bicyclic) bond motifs is 1. The van der Waals surface area contributed by atoms with Crippen LogP contribution in [-0.2, 0) is 6.42 Å². The van der Waals surface area contributed by atoms with Crippen molar-refractivity contribution in [3.05, 3.63) is 23.3 Å². The molecule has 0 fully saturated rings. The largest absolute Gasteiger partial charge is 0.493 e. The van der Waals surface area contributed by atoms with Gasteiger partial charge in [-0.25, -0.2) is 0 Å². The molecule has 1 aromatic rings. The molecule has 1 heterocycles. The summed E-state index contributed by atoms with van der Waals surface area (Å²) in [6, 6.07) is 5.67. The minimum Gasteiger partial charge on any atom is -0.493 e. The Bertz CT molecular complexity index is 525. The van der Waals surface area contributed by atoms with Crippen molar-refractivity contribution in [1.29, 1.82) is 5.26 Å². The fourth-order valence-electron chi connectivity index (χ4n) is 2.51. The molecule has 2 rings (SSSR count). The van der Waals surface area contributed by atoms with Crippen molar-refractivity contribution in [2.75, 3.05) is 19.8 Å². The molecule has 2 atom stereocenters. The molecule has 1 aliphatic rings. The second-order valence-corrected chi connectivity index (χ2v) is 5.16. The molecule has 0 bridgehead atoms. The Hall–Kier alpha value is -1.77. The molecule has 2 N–H and O–H groups in total. The zero-order valence-corrected chi connectivity index (χ0v) is 12.6. The Kier molecular flexibility index (Phi) is 5.43. The molecule has 0 spiro atoms. The van der Waals surface area contributed by atoms with E-state index >= 15 is 0 Å². The first kappa shape index (κ1) is 15.6. The second kappa shape index (κ2) is 7.30. The van der Waals surface area contributed by atoms with E-state index in [2.05, 4.69) is 11.4 Å². The van der Waals surface area contributed by atoms with Gasteiger partial charge in [-0.05, 0) is 38.9 Å². The van der Waals surface area contributed by atoms with Crippen LogP contribution in [0, 0.1) is 11.3 Å². The third-order valence-corrected chi connectivity index (χ3v) is 3.45. The van der Waals surface area contributed by atoms with Crippen LogP contribution in [0.3, 0.4) is 0 Å². The lowest BCUT2D eigenvalue weighted by atomic mass is 10.0. The van der Waals surface area contributed by atoms with E-state index in [1.807, 2.05) is 26.0 Å². The summed E-state index contributed by atoms with van der Waals surface area (Å²) < 4.78 is 11.5. The Morgan fingerprint density at radius 1 is 1.57 bits per heavy atom. The van der Waals surface area contributed by atoms with Gasteiger partial charge in [-0.3, -0.25) is 5.32 Å². The number of nitrogens with zero attached hydrogens (tertiary/aromatic N) is 1. The van der Waals surface area contributed by atoms with Crippen molar-refractivity contribution >= 4 is 0 Å². The van der Waals surface area contributed by atoms with Gasteiger partial charge in [-0.1, -0.05) is 0 Å². The first-order valence-electron chi connectivity index (χ1n) is 7.39. The minimum absolute atomic E-state index is 0.105. The predicted molar refractivity (Wildman–Crippen MR) is 79.5 cm³/mol. The summed E-state index contributed by atoms with van der Waals surface area (Å²) in [5.74, 6) is 1.57. The number of nitrogens with one attached hydrogen (secondary N) is 1. The number of nitriles is 1. The zero-order valence-electron chi connectivity index (χ0n) is 12.6. The molecule has 114 valence electrons. The van der Waals surface area contributed by atoms with Gasteiger partial charge in [0, 0.05) is 24.2 Å². The van der Waals surface area contributed by atoms with Gasteiger partial charge in [0.2, 0.25) is 0 Å². The highest BCUT2D eigenvalue weighted by atomic mass is 16.5. The lowest BCUT2D eigenvalue weighted by Gasteiger charge is -2.17. The first-order valence-corrected chi connectivity index (χ1v) is 7.39. The van der Waals surface area contributed by atoms with E-state index in [0.717, 1.165) is 29.0 Å². The summed E-state index contributed by atoms with van der Waals surface area (Å²) in [5.41, 5.74) is 1.92. The van der Waals surface area contributed by atoms with E-state index in [4.69, 9.17) is 14.6 Å². The number of hydrogen-bond donors (Lipinski definition) is 2.